The first-order valence-corrected chi connectivity index (χ1v) is 6.09. The molecule has 1 aliphatic rings. The third-order valence-electron chi connectivity index (χ3n) is 3.10. The zero-order valence-corrected chi connectivity index (χ0v) is 9.85. The first-order valence-electron chi connectivity index (χ1n) is 6.09. The van der Waals surface area contributed by atoms with Crippen molar-refractivity contribution in [3.05, 3.63) is 12.2 Å². The minimum atomic E-state index is 0.630. The molecule has 1 N–H and O–H groups in total. The van der Waals surface area contributed by atoms with Crippen LogP contribution in [0.5, 0.6) is 0 Å². The summed E-state index contributed by atoms with van der Waals surface area (Å²) >= 11 is 0. The van der Waals surface area contributed by atoms with E-state index in [1.54, 1.807) is 0 Å². The molecule has 0 bridgehead atoms. The zero-order valence-electron chi connectivity index (χ0n) is 9.85. The highest BCUT2D eigenvalue weighted by Crippen LogP contribution is 2.05. The summed E-state index contributed by atoms with van der Waals surface area (Å²) in [6, 6.07) is 0.630. The van der Waals surface area contributed by atoms with Crippen LogP contribution < -0.4 is 5.32 Å². The van der Waals surface area contributed by atoms with Crippen LogP contribution >= 0.6 is 0 Å². The lowest BCUT2D eigenvalue weighted by Gasteiger charge is -2.22. The van der Waals surface area contributed by atoms with Gasteiger partial charge in [-0.25, -0.2) is 0 Å². The van der Waals surface area contributed by atoms with Crippen molar-refractivity contribution in [2.45, 2.75) is 32.2 Å². The first kappa shape index (κ1) is 11.5. The SMILES string of the molecule is CCC1CN(CCc2ncno2)CCCN1. The Hall–Kier alpha value is -0.940. The Balaban J connectivity index is 1.79. The Bertz CT molecular complexity index is 288. The topological polar surface area (TPSA) is 54.2 Å². The molecule has 5 heteroatoms. The van der Waals surface area contributed by atoms with Crippen LogP contribution in [0.2, 0.25) is 0 Å². The van der Waals surface area contributed by atoms with E-state index in [-0.39, 0.29) is 0 Å². The molecule has 2 rings (SSSR count). The molecule has 5 nitrogen and oxygen atoms in total. The van der Waals surface area contributed by atoms with Crippen molar-refractivity contribution in [3.63, 3.8) is 0 Å². The van der Waals surface area contributed by atoms with Crippen LogP contribution in [0.25, 0.3) is 0 Å². The molecule has 90 valence electrons. The summed E-state index contributed by atoms with van der Waals surface area (Å²) in [5, 5.41) is 7.18. The first-order chi connectivity index (χ1) is 7.88. The van der Waals surface area contributed by atoms with Crippen LogP contribution in [0, 0.1) is 0 Å². The van der Waals surface area contributed by atoms with Gasteiger partial charge >= 0.3 is 0 Å². The van der Waals surface area contributed by atoms with Gasteiger partial charge in [-0.15, -0.1) is 0 Å². The van der Waals surface area contributed by atoms with Crippen LogP contribution in [0.1, 0.15) is 25.7 Å². The molecule has 1 fully saturated rings. The summed E-state index contributed by atoms with van der Waals surface area (Å²) in [5.74, 6) is 0.741. The van der Waals surface area contributed by atoms with Gasteiger partial charge < -0.3 is 14.7 Å². The Labute approximate surface area is 96.2 Å². The Morgan fingerprint density at radius 3 is 3.31 bits per heavy atom. The lowest BCUT2D eigenvalue weighted by molar-refractivity contribution is 0.256. The summed E-state index contributed by atoms with van der Waals surface area (Å²) in [4.78, 5) is 6.53. The smallest absolute Gasteiger partial charge is 0.227 e. The van der Waals surface area contributed by atoms with Gasteiger partial charge in [0.1, 0.15) is 0 Å². The molecule has 0 aromatic carbocycles. The molecule has 1 saturated heterocycles. The standard InChI is InChI=1S/C11H20N4O/c1-2-10-8-15(6-3-5-12-10)7-4-11-13-9-14-16-11/h9-10,12H,2-8H2,1H3. The maximum atomic E-state index is 5.01. The second-order valence-electron chi connectivity index (χ2n) is 4.30. The van der Waals surface area contributed by atoms with E-state index in [0.29, 0.717) is 6.04 Å². The molecule has 0 spiro atoms. The Kier molecular flexibility index (Phi) is 4.30. The van der Waals surface area contributed by atoms with Gasteiger partial charge in [0.15, 0.2) is 6.33 Å². The normalized spacial score (nSPS) is 23.2. The van der Waals surface area contributed by atoms with Crippen molar-refractivity contribution in [2.24, 2.45) is 0 Å². The number of hydrogen-bond donors (Lipinski definition) is 1. The molecule has 16 heavy (non-hydrogen) atoms. The van der Waals surface area contributed by atoms with E-state index < -0.39 is 0 Å². The van der Waals surface area contributed by atoms with Crippen LogP contribution in [0.4, 0.5) is 0 Å². The molecule has 1 aromatic heterocycles. The zero-order chi connectivity index (χ0) is 11.2. The molecule has 0 aliphatic carbocycles. The number of nitrogens with zero attached hydrogens (tertiary/aromatic N) is 3. The highest BCUT2D eigenvalue weighted by Gasteiger charge is 2.16. The Morgan fingerprint density at radius 2 is 2.56 bits per heavy atom. The van der Waals surface area contributed by atoms with E-state index in [4.69, 9.17) is 4.52 Å². The average molecular weight is 224 g/mol. The van der Waals surface area contributed by atoms with Crippen molar-refractivity contribution in [1.82, 2.24) is 20.4 Å². The van der Waals surface area contributed by atoms with Crippen molar-refractivity contribution in [1.29, 1.82) is 0 Å². The minimum absolute atomic E-state index is 0.630. The van der Waals surface area contributed by atoms with Crippen molar-refractivity contribution in [3.8, 4) is 0 Å². The molecule has 1 atom stereocenters. The molecule has 1 aliphatic heterocycles. The van der Waals surface area contributed by atoms with E-state index in [1.165, 1.54) is 19.2 Å². The average Bonchev–Trinajstić information content (AvgIpc) is 2.71. The minimum Gasteiger partial charge on any atom is -0.340 e. The van der Waals surface area contributed by atoms with Gasteiger partial charge in [-0.05, 0) is 25.9 Å². The van der Waals surface area contributed by atoms with Gasteiger partial charge in [-0.2, -0.15) is 4.98 Å². The van der Waals surface area contributed by atoms with E-state index in [0.717, 1.165) is 38.5 Å². The number of hydrogen-bond acceptors (Lipinski definition) is 5. The molecular formula is C11H20N4O. The number of aromatic nitrogens is 2. The summed E-state index contributed by atoms with van der Waals surface area (Å²) in [6.45, 7) is 6.68. The third kappa shape index (κ3) is 3.28. The van der Waals surface area contributed by atoms with Crippen LogP contribution in [0.3, 0.4) is 0 Å². The summed E-state index contributed by atoms with van der Waals surface area (Å²) < 4.78 is 5.01. The maximum Gasteiger partial charge on any atom is 0.227 e. The molecule has 0 radical (unpaired) electrons. The highest BCUT2D eigenvalue weighted by atomic mass is 16.5. The number of nitrogens with one attached hydrogen (secondary N) is 1. The lowest BCUT2D eigenvalue weighted by atomic mass is 10.2. The van der Waals surface area contributed by atoms with Crippen molar-refractivity contribution in [2.75, 3.05) is 26.2 Å². The van der Waals surface area contributed by atoms with Gasteiger partial charge in [-0.1, -0.05) is 12.1 Å². The van der Waals surface area contributed by atoms with Crippen molar-refractivity contribution < 1.29 is 4.52 Å². The van der Waals surface area contributed by atoms with Crippen molar-refractivity contribution >= 4 is 0 Å². The maximum absolute atomic E-state index is 5.01. The predicted octanol–water partition coefficient (Wildman–Crippen LogP) is 0.686. The molecule has 2 heterocycles. The summed E-state index contributed by atoms with van der Waals surface area (Å²) in [7, 11) is 0. The van der Waals surface area contributed by atoms with Gasteiger partial charge in [-0.3, -0.25) is 0 Å². The largest absolute Gasteiger partial charge is 0.340 e. The predicted molar refractivity (Wildman–Crippen MR) is 61.1 cm³/mol. The second-order valence-corrected chi connectivity index (χ2v) is 4.30. The van der Waals surface area contributed by atoms with Crippen LogP contribution in [-0.4, -0.2) is 47.3 Å². The van der Waals surface area contributed by atoms with Gasteiger partial charge in [0.25, 0.3) is 0 Å². The summed E-state index contributed by atoms with van der Waals surface area (Å²) in [5.41, 5.74) is 0. The molecule has 1 aromatic rings. The fourth-order valence-electron chi connectivity index (χ4n) is 2.11. The second kappa shape index (κ2) is 5.96. The molecule has 0 amide bonds. The van der Waals surface area contributed by atoms with E-state index >= 15 is 0 Å². The molecular weight excluding hydrogens is 204 g/mol. The highest BCUT2D eigenvalue weighted by molar-refractivity contribution is 4.80. The van der Waals surface area contributed by atoms with E-state index in [9.17, 15) is 0 Å². The molecule has 1 unspecified atom stereocenters. The van der Waals surface area contributed by atoms with Crippen LogP contribution in [0.15, 0.2) is 10.9 Å². The summed E-state index contributed by atoms with van der Waals surface area (Å²) in [6.07, 6.45) is 4.74. The van der Waals surface area contributed by atoms with Crippen LogP contribution in [-0.2, 0) is 6.42 Å². The molecule has 0 saturated carbocycles. The van der Waals surface area contributed by atoms with Gasteiger partial charge in [0.05, 0.1) is 0 Å². The quantitative estimate of drug-likeness (QED) is 0.815. The van der Waals surface area contributed by atoms with E-state index in [1.807, 2.05) is 0 Å². The third-order valence-corrected chi connectivity index (χ3v) is 3.10. The Morgan fingerprint density at radius 1 is 1.62 bits per heavy atom. The van der Waals surface area contributed by atoms with E-state index in [2.05, 4.69) is 27.3 Å². The monoisotopic (exact) mass is 224 g/mol. The fraction of sp³-hybridized carbons (Fsp3) is 0.818. The van der Waals surface area contributed by atoms with Gasteiger partial charge in [0.2, 0.25) is 5.89 Å². The fourth-order valence-corrected chi connectivity index (χ4v) is 2.11. The lowest BCUT2D eigenvalue weighted by Crippen LogP contribution is -2.37. The van der Waals surface area contributed by atoms with Gasteiger partial charge in [0, 0.05) is 25.6 Å². The number of rotatable bonds is 4.